The number of alkyl halides is 3. The molecule has 7 heteroatoms. The third-order valence-corrected chi connectivity index (χ3v) is 3.30. The van der Waals surface area contributed by atoms with Crippen LogP contribution < -0.4 is 5.32 Å². The maximum Gasteiger partial charge on any atom is 0.416 e. The summed E-state index contributed by atoms with van der Waals surface area (Å²) >= 11 is 0. The number of aromatic amines is 1. The van der Waals surface area contributed by atoms with Crippen molar-refractivity contribution >= 4 is 29.0 Å². The first-order valence-electron chi connectivity index (χ1n) is 7.03. The van der Waals surface area contributed by atoms with Gasteiger partial charge >= 0.3 is 6.18 Å². The van der Waals surface area contributed by atoms with Crippen LogP contribution in [-0.2, 0) is 11.0 Å². The van der Waals surface area contributed by atoms with Crippen LogP contribution in [0.25, 0.3) is 17.1 Å². The van der Waals surface area contributed by atoms with E-state index in [0.29, 0.717) is 11.5 Å². The second kappa shape index (κ2) is 6.19. The van der Waals surface area contributed by atoms with Crippen LogP contribution in [0.3, 0.4) is 0 Å². The average molecular weight is 331 g/mol. The highest BCUT2D eigenvalue weighted by Gasteiger charge is 2.29. The number of halogens is 3. The molecule has 0 radical (unpaired) electrons. The number of anilines is 1. The van der Waals surface area contributed by atoms with Crippen LogP contribution in [0.4, 0.5) is 19.1 Å². The summed E-state index contributed by atoms with van der Waals surface area (Å²) in [5.74, 6) is -0.132. The fraction of sp³-hybridized carbons (Fsp3) is 0.0588. The molecule has 0 fully saturated rings. The Morgan fingerprint density at radius 3 is 2.46 bits per heavy atom. The van der Waals surface area contributed by atoms with E-state index in [1.165, 1.54) is 24.3 Å². The van der Waals surface area contributed by atoms with Crippen LogP contribution in [0.2, 0.25) is 0 Å². The molecule has 0 saturated heterocycles. The largest absolute Gasteiger partial charge is 0.416 e. The number of carbonyl (C=O) groups excluding carboxylic acids is 1. The summed E-state index contributed by atoms with van der Waals surface area (Å²) in [6, 6.07) is 11.8. The molecule has 122 valence electrons. The van der Waals surface area contributed by atoms with Gasteiger partial charge in [-0.25, -0.2) is 4.98 Å². The monoisotopic (exact) mass is 331 g/mol. The number of hydrogen-bond acceptors (Lipinski definition) is 2. The number of carbonyl (C=O) groups is 1. The molecule has 0 atom stereocenters. The topological polar surface area (TPSA) is 57.8 Å². The summed E-state index contributed by atoms with van der Waals surface area (Å²) < 4.78 is 37.4. The first-order valence-corrected chi connectivity index (χ1v) is 7.03. The number of hydrogen-bond donors (Lipinski definition) is 2. The maximum absolute atomic E-state index is 12.5. The van der Waals surface area contributed by atoms with Crippen molar-refractivity contribution < 1.29 is 18.0 Å². The lowest BCUT2D eigenvalue weighted by Gasteiger charge is -2.05. The molecule has 4 nitrogen and oxygen atoms in total. The smallest absolute Gasteiger partial charge is 0.324 e. The Kier molecular flexibility index (Phi) is 4.07. The van der Waals surface area contributed by atoms with Gasteiger partial charge in [0.2, 0.25) is 5.95 Å². The van der Waals surface area contributed by atoms with Gasteiger partial charge in [0.05, 0.1) is 16.6 Å². The lowest BCUT2D eigenvalue weighted by atomic mass is 10.1. The molecule has 0 bridgehead atoms. The summed E-state index contributed by atoms with van der Waals surface area (Å²) in [7, 11) is 0. The molecule has 0 saturated carbocycles. The molecule has 24 heavy (non-hydrogen) atoms. The van der Waals surface area contributed by atoms with Gasteiger partial charge in [0, 0.05) is 6.08 Å². The van der Waals surface area contributed by atoms with E-state index in [-0.39, 0.29) is 0 Å². The third-order valence-electron chi connectivity index (χ3n) is 3.30. The highest BCUT2D eigenvalue weighted by atomic mass is 19.4. The Morgan fingerprint density at radius 2 is 1.79 bits per heavy atom. The minimum Gasteiger partial charge on any atom is -0.324 e. The van der Waals surface area contributed by atoms with E-state index >= 15 is 0 Å². The molecule has 2 aromatic carbocycles. The fourth-order valence-corrected chi connectivity index (χ4v) is 2.13. The minimum absolute atomic E-state index is 0.304. The first-order chi connectivity index (χ1) is 11.4. The van der Waals surface area contributed by atoms with E-state index in [1.807, 2.05) is 18.2 Å². The number of para-hydroxylation sites is 2. The minimum atomic E-state index is -4.37. The predicted octanol–water partition coefficient (Wildman–Crippen LogP) is 4.23. The number of amides is 1. The molecule has 0 aliphatic rings. The van der Waals surface area contributed by atoms with Crippen LogP contribution >= 0.6 is 0 Å². The standard InChI is InChI=1S/C17H12F3N3O/c18-17(19,20)12-8-5-11(6-9-12)7-10-15(24)23-16-21-13-3-1-2-4-14(13)22-16/h1-10H,(H2,21,22,23,24)/b10-7+. The summed E-state index contributed by atoms with van der Waals surface area (Å²) in [6.07, 6.45) is -1.71. The van der Waals surface area contributed by atoms with Crippen molar-refractivity contribution in [1.82, 2.24) is 9.97 Å². The van der Waals surface area contributed by atoms with Gasteiger partial charge in [0.15, 0.2) is 0 Å². The van der Waals surface area contributed by atoms with Crippen molar-refractivity contribution in [3.63, 3.8) is 0 Å². The molecule has 1 amide bonds. The number of benzene rings is 2. The molecule has 0 aliphatic heterocycles. The number of H-pyrrole nitrogens is 1. The molecule has 2 N–H and O–H groups in total. The van der Waals surface area contributed by atoms with Crippen LogP contribution in [0.5, 0.6) is 0 Å². The van der Waals surface area contributed by atoms with Crippen molar-refractivity contribution in [3.05, 3.63) is 65.7 Å². The van der Waals surface area contributed by atoms with Crippen LogP contribution in [-0.4, -0.2) is 15.9 Å². The number of fused-ring (bicyclic) bond motifs is 1. The molecule has 0 aliphatic carbocycles. The van der Waals surface area contributed by atoms with E-state index in [4.69, 9.17) is 0 Å². The fourth-order valence-electron chi connectivity index (χ4n) is 2.13. The van der Waals surface area contributed by atoms with Gasteiger partial charge in [-0.1, -0.05) is 24.3 Å². The quantitative estimate of drug-likeness (QED) is 0.706. The number of imidazole rings is 1. The molecule has 1 heterocycles. The molecule has 1 aromatic heterocycles. The SMILES string of the molecule is O=C(/C=C/c1ccc(C(F)(F)F)cc1)Nc1nc2ccccc2[nH]1. The zero-order chi connectivity index (χ0) is 17.2. The third kappa shape index (κ3) is 3.62. The van der Waals surface area contributed by atoms with Gasteiger partial charge in [0.25, 0.3) is 5.91 Å². The Hall–Kier alpha value is -3.09. The lowest BCUT2D eigenvalue weighted by molar-refractivity contribution is -0.137. The molecule has 3 aromatic rings. The molecule has 3 rings (SSSR count). The van der Waals surface area contributed by atoms with Crippen molar-refractivity contribution in [1.29, 1.82) is 0 Å². The summed E-state index contributed by atoms with van der Waals surface area (Å²) in [5.41, 5.74) is 1.27. The summed E-state index contributed by atoms with van der Waals surface area (Å²) in [6.45, 7) is 0. The molecule has 0 unspecified atom stereocenters. The second-order valence-corrected chi connectivity index (χ2v) is 5.04. The van der Waals surface area contributed by atoms with Gasteiger partial charge in [-0.2, -0.15) is 13.2 Å². The predicted molar refractivity (Wildman–Crippen MR) is 85.2 cm³/mol. The zero-order valence-corrected chi connectivity index (χ0v) is 12.3. The Morgan fingerprint density at radius 1 is 1.08 bits per heavy atom. The van der Waals surface area contributed by atoms with E-state index in [0.717, 1.165) is 23.2 Å². The molecule has 0 spiro atoms. The normalized spacial score (nSPS) is 12.0. The van der Waals surface area contributed by atoms with Crippen molar-refractivity contribution in [3.8, 4) is 0 Å². The van der Waals surface area contributed by atoms with Crippen LogP contribution in [0.15, 0.2) is 54.6 Å². The average Bonchev–Trinajstić information content (AvgIpc) is 2.94. The first kappa shape index (κ1) is 15.8. The van der Waals surface area contributed by atoms with E-state index < -0.39 is 17.6 Å². The van der Waals surface area contributed by atoms with E-state index in [1.54, 1.807) is 6.07 Å². The van der Waals surface area contributed by atoms with Gasteiger partial charge in [-0.05, 0) is 35.9 Å². The van der Waals surface area contributed by atoms with Crippen molar-refractivity contribution in [2.24, 2.45) is 0 Å². The Bertz CT molecular complexity index is 862. The molecular formula is C17H12F3N3O. The van der Waals surface area contributed by atoms with E-state index in [9.17, 15) is 18.0 Å². The van der Waals surface area contributed by atoms with Crippen molar-refractivity contribution in [2.45, 2.75) is 6.18 Å². The highest BCUT2D eigenvalue weighted by Crippen LogP contribution is 2.29. The number of rotatable bonds is 3. The summed E-state index contributed by atoms with van der Waals surface area (Å²) in [4.78, 5) is 19.0. The Labute approximate surface area is 135 Å². The number of aromatic nitrogens is 2. The van der Waals surface area contributed by atoms with Gasteiger partial charge in [-0.15, -0.1) is 0 Å². The lowest BCUT2D eigenvalue weighted by Crippen LogP contribution is -2.08. The summed E-state index contributed by atoms with van der Waals surface area (Å²) in [5, 5.41) is 2.56. The van der Waals surface area contributed by atoms with Gasteiger partial charge in [0.1, 0.15) is 0 Å². The van der Waals surface area contributed by atoms with Gasteiger partial charge in [-0.3, -0.25) is 10.1 Å². The Balaban J connectivity index is 1.66. The maximum atomic E-state index is 12.5. The number of nitrogens with zero attached hydrogens (tertiary/aromatic N) is 1. The highest BCUT2D eigenvalue weighted by molar-refractivity contribution is 6.01. The zero-order valence-electron chi connectivity index (χ0n) is 12.3. The van der Waals surface area contributed by atoms with Crippen LogP contribution in [0.1, 0.15) is 11.1 Å². The molecular weight excluding hydrogens is 319 g/mol. The second-order valence-electron chi connectivity index (χ2n) is 5.04. The van der Waals surface area contributed by atoms with Crippen LogP contribution in [0, 0.1) is 0 Å². The van der Waals surface area contributed by atoms with E-state index in [2.05, 4.69) is 15.3 Å². The van der Waals surface area contributed by atoms with Gasteiger partial charge < -0.3 is 4.98 Å². The number of nitrogens with one attached hydrogen (secondary N) is 2. The van der Waals surface area contributed by atoms with Crippen molar-refractivity contribution in [2.75, 3.05) is 5.32 Å².